The van der Waals surface area contributed by atoms with Gasteiger partial charge in [0.25, 0.3) is 0 Å². The molecule has 0 spiro atoms. The van der Waals surface area contributed by atoms with E-state index in [1.165, 1.54) is 0 Å². The fourth-order valence-electron chi connectivity index (χ4n) is 0.347. The lowest BCUT2D eigenvalue weighted by atomic mass is 11.0. The Kier molecular flexibility index (Phi) is 1.76. The molecule has 0 unspecified atom stereocenters. The third kappa shape index (κ3) is 1.53. The Morgan fingerprint density at radius 3 is 2.29 bits per heavy atom. The highest BCUT2D eigenvalue weighted by molar-refractivity contribution is 7.99. The fourth-order valence-corrected chi connectivity index (χ4v) is 1.27. The second-order valence-electron chi connectivity index (χ2n) is 1.18. The van der Waals surface area contributed by atoms with Gasteiger partial charge >= 0.3 is 0 Å². The molecule has 7 heavy (non-hydrogen) atoms. The van der Waals surface area contributed by atoms with Crippen molar-refractivity contribution in [1.82, 2.24) is 10.6 Å². The topological polar surface area (TPSA) is 24.1 Å². The number of nitrogens with one attached hydrogen (secondary N) is 2. The van der Waals surface area contributed by atoms with Gasteiger partial charge in [-0.3, -0.25) is 0 Å². The van der Waals surface area contributed by atoms with Crippen molar-refractivity contribution in [3.63, 3.8) is 0 Å². The van der Waals surface area contributed by atoms with E-state index in [0.717, 1.165) is 16.9 Å². The third-order valence-corrected chi connectivity index (χ3v) is 1.66. The van der Waals surface area contributed by atoms with Gasteiger partial charge in [-0.15, -0.1) is 11.8 Å². The second kappa shape index (κ2) is 2.37. The normalized spacial score (nSPS) is 20.3. The maximum absolute atomic E-state index is 4.77. The molecular formula is C3H6N2S2. The summed E-state index contributed by atoms with van der Waals surface area (Å²) in [5.74, 6) is 1.90. The van der Waals surface area contributed by atoms with E-state index in [4.69, 9.17) is 12.2 Å². The van der Waals surface area contributed by atoms with Crippen LogP contribution in [0.2, 0.25) is 0 Å². The van der Waals surface area contributed by atoms with Crippen molar-refractivity contribution >= 4 is 29.1 Å². The standard InChI is InChI=1S/C3H6N2S2/c6-3-4-1-7-2-5-3/h1-2H2,(H2,4,5,6). The summed E-state index contributed by atoms with van der Waals surface area (Å²) in [6, 6.07) is 0. The second-order valence-corrected chi connectivity index (χ2v) is 2.57. The molecule has 1 aliphatic rings. The molecule has 4 heteroatoms. The fraction of sp³-hybridized carbons (Fsp3) is 0.667. The predicted molar refractivity (Wildman–Crippen MR) is 36.2 cm³/mol. The van der Waals surface area contributed by atoms with Crippen LogP contribution in [0.4, 0.5) is 0 Å². The first-order valence-electron chi connectivity index (χ1n) is 1.99. The summed E-state index contributed by atoms with van der Waals surface area (Å²) < 4.78 is 0. The molecule has 0 aromatic rings. The van der Waals surface area contributed by atoms with E-state index in [0.29, 0.717) is 0 Å². The van der Waals surface area contributed by atoms with Crippen molar-refractivity contribution in [2.45, 2.75) is 0 Å². The first-order chi connectivity index (χ1) is 3.39. The average molecular weight is 134 g/mol. The van der Waals surface area contributed by atoms with E-state index < -0.39 is 0 Å². The van der Waals surface area contributed by atoms with E-state index in [9.17, 15) is 0 Å². The molecule has 2 N–H and O–H groups in total. The van der Waals surface area contributed by atoms with Gasteiger partial charge in [0.05, 0.1) is 11.8 Å². The lowest BCUT2D eigenvalue weighted by molar-refractivity contribution is 0.985. The highest BCUT2D eigenvalue weighted by Gasteiger charge is 1.98. The third-order valence-electron chi connectivity index (χ3n) is 0.670. The summed E-state index contributed by atoms with van der Waals surface area (Å²) in [5, 5.41) is 6.71. The van der Waals surface area contributed by atoms with Crippen LogP contribution >= 0.6 is 24.0 Å². The highest BCUT2D eigenvalue weighted by atomic mass is 32.2. The Morgan fingerprint density at radius 1 is 1.43 bits per heavy atom. The number of hydrogen-bond donors (Lipinski definition) is 2. The molecule has 1 fully saturated rings. The first kappa shape index (κ1) is 5.18. The predicted octanol–water partition coefficient (Wildman–Crippen LogP) is 0.112. The molecule has 40 valence electrons. The number of rotatable bonds is 0. The van der Waals surface area contributed by atoms with Gasteiger partial charge in [0, 0.05) is 0 Å². The van der Waals surface area contributed by atoms with Gasteiger partial charge in [-0.05, 0) is 12.2 Å². The molecule has 1 saturated heterocycles. The van der Waals surface area contributed by atoms with Gasteiger partial charge in [0.1, 0.15) is 0 Å². The summed E-state index contributed by atoms with van der Waals surface area (Å²) in [7, 11) is 0. The summed E-state index contributed by atoms with van der Waals surface area (Å²) in [5.41, 5.74) is 0. The van der Waals surface area contributed by atoms with Crippen molar-refractivity contribution in [2.75, 3.05) is 11.8 Å². The van der Waals surface area contributed by atoms with E-state index in [2.05, 4.69) is 10.6 Å². The van der Waals surface area contributed by atoms with Gasteiger partial charge in [0.2, 0.25) is 0 Å². The minimum absolute atomic E-state index is 0.777. The Bertz CT molecular complexity index is 75.0. The Labute approximate surface area is 52.0 Å². The van der Waals surface area contributed by atoms with Gasteiger partial charge < -0.3 is 10.6 Å². The number of hydrogen-bond acceptors (Lipinski definition) is 2. The molecule has 0 radical (unpaired) electrons. The molecular weight excluding hydrogens is 128 g/mol. The van der Waals surface area contributed by atoms with Gasteiger partial charge in [0.15, 0.2) is 5.11 Å². The van der Waals surface area contributed by atoms with Crippen LogP contribution in [0.3, 0.4) is 0 Å². The van der Waals surface area contributed by atoms with Gasteiger partial charge in [-0.25, -0.2) is 0 Å². The molecule has 0 amide bonds. The van der Waals surface area contributed by atoms with Crippen LogP contribution in [0.15, 0.2) is 0 Å². The molecule has 0 aliphatic carbocycles. The maximum Gasteiger partial charge on any atom is 0.167 e. The Morgan fingerprint density at radius 2 is 2.00 bits per heavy atom. The molecule has 0 aromatic carbocycles. The van der Waals surface area contributed by atoms with Crippen molar-refractivity contribution < 1.29 is 0 Å². The highest BCUT2D eigenvalue weighted by Crippen LogP contribution is 1.96. The largest absolute Gasteiger partial charge is 0.354 e. The van der Waals surface area contributed by atoms with Gasteiger partial charge in [-0.2, -0.15) is 0 Å². The minimum atomic E-state index is 0.777. The first-order valence-corrected chi connectivity index (χ1v) is 3.55. The number of thiocarbonyl (C=S) groups is 1. The smallest absolute Gasteiger partial charge is 0.167 e. The average Bonchev–Trinajstić information content (AvgIpc) is 1.69. The van der Waals surface area contributed by atoms with E-state index in [-0.39, 0.29) is 0 Å². The zero-order chi connectivity index (χ0) is 5.11. The number of thioether (sulfide) groups is 1. The molecule has 0 saturated carbocycles. The lowest BCUT2D eigenvalue weighted by Gasteiger charge is -2.14. The molecule has 1 rings (SSSR count). The monoisotopic (exact) mass is 134 g/mol. The Balaban J connectivity index is 2.25. The van der Waals surface area contributed by atoms with E-state index in [1.807, 2.05) is 0 Å². The Hall–Kier alpha value is 0.0400. The zero-order valence-electron chi connectivity index (χ0n) is 3.73. The summed E-state index contributed by atoms with van der Waals surface area (Å²) in [4.78, 5) is 0. The lowest BCUT2D eigenvalue weighted by Crippen LogP contribution is -2.39. The molecule has 1 heterocycles. The van der Waals surface area contributed by atoms with Crippen LogP contribution in [-0.2, 0) is 0 Å². The summed E-state index contributed by atoms with van der Waals surface area (Å²) in [6.07, 6.45) is 0. The quantitative estimate of drug-likeness (QED) is 0.459. The van der Waals surface area contributed by atoms with E-state index in [1.54, 1.807) is 11.8 Å². The van der Waals surface area contributed by atoms with Crippen molar-refractivity contribution in [3.05, 3.63) is 0 Å². The van der Waals surface area contributed by atoms with E-state index >= 15 is 0 Å². The molecule has 1 aliphatic heterocycles. The molecule has 2 nitrogen and oxygen atoms in total. The van der Waals surface area contributed by atoms with Crippen LogP contribution < -0.4 is 10.6 Å². The SMILES string of the molecule is S=C1NCSCN1. The van der Waals surface area contributed by atoms with Gasteiger partial charge in [-0.1, -0.05) is 0 Å². The molecule has 0 aromatic heterocycles. The van der Waals surface area contributed by atoms with Crippen molar-refractivity contribution in [1.29, 1.82) is 0 Å². The van der Waals surface area contributed by atoms with Crippen molar-refractivity contribution in [3.8, 4) is 0 Å². The van der Waals surface area contributed by atoms with Crippen LogP contribution in [0, 0.1) is 0 Å². The minimum Gasteiger partial charge on any atom is -0.354 e. The molecule has 0 bridgehead atoms. The maximum atomic E-state index is 4.77. The summed E-state index contributed by atoms with van der Waals surface area (Å²) >= 11 is 6.56. The van der Waals surface area contributed by atoms with Crippen LogP contribution in [0.5, 0.6) is 0 Å². The van der Waals surface area contributed by atoms with Crippen LogP contribution in [0.25, 0.3) is 0 Å². The van der Waals surface area contributed by atoms with Crippen LogP contribution in [0.1, 0.15) is 0 Å². The van der Waals surface area contributed by atoms with Crippen molar-refractivity contribution in [2.24, 2.45) is 0 Å². The molecule has 0 atom stereocenters. The zero-order valence-corrected chi connectivity index (χ0v) is 5.36. The summed E-state index contributed by atoms with van der Waals surface area (Å²) in [6.45, 7) is 0. The van der Waals surface area contributed by atoms with Crippen LogP contribution in [-0.4, -0.2) is 16.9 Å².